The third kappa shape index (κ3) is 4.26. The van der Waals surface area contributed by atoms with Gasteiger partial charge in [-0.05, 0) is 65.7 Å². The highest BCUT2D eigenvalue weighted by atomic mass is 79.9. The molecule has 7 heteroatoms. The maximum Gasteiger partial charge on any atom is 0.216 e. The average molecular weight is 436 g/mol. The van der Waals surface area contributed by atoms with Gasteiger partial charge in [0.15, 0.2) is 11.5 Å². The molecule has 0 radical (unpaired) electrons. The normalized spacial score (nSPS) is 11.7. The average Bonchev–Trinajstić information content (AvgIpc) is 2.60. The van der Waals surface area contributed by atoms with Crippen molar-refractivity contribution in [3.8, 4) is 17.6 Å². The first-order valence-corrected chi connectivity index (χ1v) is 10.0. The second-order valence-electron chi connectivity index (χ2n) is 5.40. The van der Waals surface area contributed by atoms with Crippen molar-refractivity contribution in [2.75, 3.05) is 13.7 Å². The van der Waals surface area contributed by atoms with E-state index in [1.807, 2.05) is 13.8 Å². The van der Waals surface area contributed by atoms with Crippen molar-refractivity contribution in [2.24, 2.45) is 0 Å². The number of ether oxygens (including phenoxy) is 2. The lowest BCUT2D eigenvalue weighted by Gasteiger charge is -2.12. The molecule has 0 amide bonds. The highest BCUT2D eigenvalue weighted by Gasteiger charge is 2.21. The molecule has 0 aliphatic rings. The van der Waals surface area contributed by atoms with Crippen LogP contribution in [0.4, 0.5) is 0 Å². The van der Waals surface area contributed by atoms with Crippen molar-refractivity contribution in [1.29, 1.82) is 5.26 Å². The first kappa shape index (κ1) is 20.0. The highest BCUT2D eigenvalue weighted by Crippen LogP contribution is 2.37. The minimum atomic E-state index is -3.91. The van der Waals surface area contributed by atoms with E-state index in [1.54, 1.807) is 30.3 Å². The van der Waals surface area contributed by atoms with Crippen molar-refractivity contribution in [3.05, 3.63) is 56.9 Å². The van der Waals surface area contributed by atoms with Gasteiger partial charge >= 0.3 is 0 Å². The minimum absolute atomic E-state index is 0.0773. The molecule has 26 heavy (non-hydrogen) atoms. The Hall–Kier alpha value is -2.30. The topological polar surface area (TPSA) is 76.4 Å². The van der Waals surface area contributed by atoms with Crippen molar-refractivity contribution in [2.45, 2.75) is 18.7 Å². The van der Waals surface area contributed by atoms with E-state index < -0.39 is 9.84 Å². The predicted octanol–water partition coefficient (Wildman–Crippen LogP) is 4.50. The Morgan fingerprint density at radius 2 is 1.92 bits per heavy atom. The van der Waals surface area contributed by atoms with Gasteiger partial charge in [-0.1, -0.05) is 17.7 Å². The number of aryl methyl sites for hydroxylation is 1. The summed E-state index contributed by atoms with van der Waals surface area (Å²) in [6, 6.07) is 11.5. The molecular weight excluding hydrogens is 418 g/mol. The standard InChI is InChI=1S/C19H18BrNO4S/c1-4-25-18-11-14(10-17(20)19(18)24-3)9-16(12-21)26(22,23)15-7-5-13(2)6-8-15/h5-11H,4H2,1-3H3. The molecule has 2 aromatic rings. The molecule has 0 atom stereocenters. The Kier molecular flexibility index (Phi) is 6.46. The lowest BCUT2D eigenvalue weighted by molar-refractivity contribution is 0.310. The molecule has 0 aliphatic heterocycles. The molecule has 0 bridgehead atoms. The maximum atomic E-state index is 12.7. The number of sulfone groups is 1. The zero-order valence-electron chi connectivity index (χ0n) is 14.6. The number of nitrogens with zero attached hydrogens (tertiary/aromatic N) is 1. The minimum Gasteiger partial charge on any atom is -0.492 e. The van der Waals surface area contributed by atoms with Crippen molar-refractivity contribution < 1.29 is 17.9 Å². The molecule has 0 N–H and O–H groups in total. The summed E-state index contributed by atoms with van der Waals surface area (Å²) in [6.45, 7) is 4.11. The molecule has 2 rings (SSSR count). The number of benzene rings is 2. The Morgan fingerprint density at radius 3 is 2.46 bits per heavy atom. The number of halogens is 1. The summed E-state index contributed by atoms with van der Waals surface area (Å²) in [5.74, 6) is 0.963. The second kappa shape index (κ2) is 8.39. The van der Waals surface area contributed by atoms with Gasteiger partial charge in [-0.3, -0.25) is 0 Å². The quantitative estimate of drug-likeness (QED) is 0.623. The van der Waals surface area contributed by atoms with Gasteiger partial charge in [-0.15, -0.1) is 0 Å². The monoisotopic (exact) mass is 435 g/mol. The van der Waals surface area contributed by atoms with Crippen LogP contribution in [0.15, 0.2) is 50.7 Å². The number of allylic oxidation sites excluding steroid dienone is 1. The van der Waals surface area contributed by atoms with Crippen LogP contribution >= 0.6 is 15.9 Å². The molecule has 0 saturated carbocycles. The summed E-state index contributed by atoms with van der Waals surface area (Å²) in [6.07, 6.45) is 1.32. The van der Waals surface area contributed by atoms with E-state index in [0.717, 1.165) is 5.56 Å². The number of methoxy groups -OCH3 is 1. The molecule has 0 fully saturated rings. The summed E-state index contributed by atoms with van der Waals surface area (Å²) >= 11 is 3.38. The van der Waals surface area contributed by atoms with Crippen molar-refractivity contribution in [1.82, 2.24) is 0 Å². The van der Waals surface area contributed by atoms with Crippen LogP contribution in [-0.4, -0.2) is 22.1 Å². The molecule has 0 aliphatic carbocycles. The van der Waals surface area contributed by atoms with Gasteiger partial charge < -0.3 is 9.47 Å². The van der Waals surface area contributed by atoms with Crippen molar-refractivity contribution in [3.63, 3.8) is 0 Å². The smallest absolute Gasteiger partial charge is 0.216 e. The zero-order chi connectivity index (χ0) is 19.3. The van der Waals surface area contributed by atoms with Gasteiger partial charge in [-0.25, -0.2) is 8.42 Å². The number of nitriles is 1. The van der Waals surface area contributed by atoms with Gasteiger partial charge in [0.2, 0.25) is 9.84 Å². The van der Waals surface area contributed by atoms with Gasteiger partial charge in [0.1, 0.15) is 11.0 Å². The third-order valence-corrected chi connectivity index (χ3v) is 5.83. The highest BCUT2D eigenvalue weighted by molar-refractivity contribution is 9.10. The first-order valence-electron chi connectivity index (χ1n) is 7.77. The van der Waals surface area contributed by atoms with Gasteiger partial charge in [0, 0.05) is 0 Å². The maximum absolute atomic E-state index is 12.7. The molecule has 2 aromatic carbocycles. The van der Waals surface area contributed by atoms with Crippen LogP contribution in [0.2, 0.25) is 0 Å². The van der Waals surface area contributed by atoms with Crippen LogP contribution in [-0.2, 0) is 9.84 Å². The Bertz CT molecular complexity index is 974. The SMILES string of the molecule is CCOc1cc(C=C(C#N)S(=O)(=O)c2ccc(C)cc2)cc(Br)c1OC. The first-order chi connectivity index (χ1) is 12.3. The summed E-state index contributed by atoms with van der Waals surface area (Å²) in [5.41, 5.74) is 1.44. The van der Waals surface area contributed by atoms with Crippen LogP contribution in [0, 0.1) is 18.3 Å². The molecule has 5 nitrogen and oxygen atoms in total. The number of hydrogen-bond acceptors (Lipinski definition) is 5. The summed E-state index contributed by atoms with van der Waals surface area (Å²) in [7, 11) is -2.39. The fourth-order valence-corrected chi connectivity index (χ4v) is 4.08. The molecule has 136 valence electrons. The van der Waals surface area contributed by atoms with E-state index in [-0.39, 0.29) is 9.80 Å². The van der Waals surface area contributed by atoms with Crippen LogP contribution in [0.1, 0.15) is 18.1 Å². The largest absolute Gasteiger partial charge is 0.492 e. The van der Waals surface area contributed by atoms with E-state index >= 15 is 0 Å². The van der Waals surface area contributed by atoms with Crippen LogP contribution in [0.5, 0.6) is 11.5 Å². The van der Waals surface area contributed by atoms with E-state index in [4.69, 9.17) is 9.47 Å². The predicted molar refractivity (Wildman–Crippen MR) is 104 cm³/mol. The Balaban J connectivity index is 2.55. The summed E-state index contributed by atoms with van der Waals surface area (Å²) in [5, 5.41) is 9.42. The van der Waals surface area contributed by atoms with Crippen LogP contribution in [0.25, 0.3) is 6.08 Å². The van der Waals surface area contributed by atoms with E-state index in [2.05, 4.69) is 15.9 Å². The molecule has 0 spiro atoms. The number of hydrogen-bond donors (Lipinski definition) is 0. The summed E-state index contributed by atoms with van der Waals surface area (Å²) < 4.78 is 36.9. The fraction of sp³-hybridized carbons (Fsp3) is 0.211. The van der Waals surface area contributed by atoms with Gasteiger partial charge in [0.25, 0.3) is 0 Å². The number of rotatable bonds is 6. The fourth-order valence-electron chi connectivity index (χ4n) is 2.30. The molecule has 0 aromatic heterocycles. The van der Waals surface area contributed by atoms with E-state index in [9.17, 15) is 13.7 Å². The van der Waals surface area contributed by atoms with E-state index in [1.165, 1.54) is 25.3 Å². The summed E-state index contributed by atoms with van der Waals surface area (Å²) in [4.78, 5) is -0.269. The molecule has 0 heterocycles. The van der Waals surface area contributed by atoms with E-state index in [0.29, 0.717) is 28.1 Å². The lowest BCUT2D eigenvalue weighted by atomic mass is 10.2. The second-order valence-corrected chi connectivity index (χ2v) is 8.18. The Morgan fingerprint density at radius 1 is 1.27 bits per heavy atom. The third-order valence-electron chi connectivity index (χ3n) is 3.56. The van der Waals surface area contributed by atoms with Gasteiger partial charge in [-0.2, -0.15) is 5.26 Å². The zero-order valence-corrected chi connectivity index (χ0v) is 17.0. The molecular formula is C19H18BrNO4S. The van der Waals surface area contributed by atoms with Crippen LogP contribution < -0.4 is 9.47 Å². The molecule has 0 saturated heterocycles. The lowest BCUT2D eigenvalue weighted by Crippen LogP contribution is -2.04. The van der Waals surface area contributed by atoms with Gasteiger partial charge in [0.05, 0.1) is 23.1 Å². The van der Waals surface area contributed by atoms with Crippen molar-refractivity contribution >= 4 is 31.8 Å². The molecule has 0 unspecified atom stereocenters. The Labute approximate surface area is 161 Å². The van der Waals surface area contributed by atoms with Crippen LogP contribution in [0.3, 0.4) is 0 Å².